The van der Waals surface area contributed by atoms with Crippen molar-refractivity contribution < 1.29 is 14.0 Å². The SMILES string of the molecule is CC(C)NC(=O)[C@@H](Cn1ccnc1)NC(=O)[C@@H](C)c1ccc(-c2ccccc2)c(F)c1. The van der Waals surface area contributed by atoms with Crippen molar-refractivity contribution in [3.63, 3.8) is 0 Å². The highest BCUT2D eigenvalue weighted by Crippen LogP contribution is 2.26. The maximum absolute atomic E-state index is 14.7. The molecule has 0 saturated heterocycles. The summed E-state index contributed by atoms with van der Waals surface area (Å²) in [6.45, 7) is 5.65. The summed E-state index contributed by atoms with van der Waals surface area (Å²) in [5.41, 5.74) is 1.79. The van der Waals surface area contributed by atoms with E-state index >= 15 is 0 Å². The lowest BCUT2D eigenvalue weighted by Gasteiger charge is -2.22. The zero-order chi connectivity index (χ0) is 22.4. The summed E-state index contributed by atoms with van der Waals surface area (Å²) in [5.74, 6) is -1.65. The van der Waals surface area contributed by atoms with Crippen molar-refractivity contribution >= 4 is 11.8 Å². The minimum Gasteiger partial charge on any atom is -0.352 e. The summed E-state index contributed by atoms with van der Waals surface area (Å²) in [5, 5.41) is 5.63. The first kappa shape index (κ1) is 22.2. The Morgan fingerprint density at radius 3 is 2.39 bits per heavy atom. The van der Waals surface area contributed by atoms with Gasteiger partial charge in [0.15, 0.2) is 0 Å². The Morgan fingerprint density at radius 2 is 1.77 bits per heavy atom. The molecule has 0 unspecified atom stereocenters. The first-order valence-corrected chi connectivity index (χ1v) is 10.3. The van der Waals surface area contributed by atoms with Crippen LogP contribution in [0, 0.1) is 5.82 Å². The van der Waals surface area contributed by atoms with Crippen molar-refractivity contribution in [2.45, 2.75) is 45.3 Å². The van der Waals surface area contributed by atoms with Gasteiger partial charge >= 0.3 is 0 Å². The van der Waals surface area contributed by atoms with Gasteiger partial charge in [0.25, 0.3) is 0 Å². The molecule has 31 heavy (non-hydrogen) atoms. The maximum Gasteiger partial charge on any atom is 0.244 e. The lowest BCUT2D eigenvalue weighted by Crippen LogP contribution is -2.51. The van der Waals surface area contributed by atoms with E-state index in [1.165, 1.54) is 6.07 Å². The molecule has 0 aliphatic carbocycles. The highest BCUT2D eigenvalue weighted by Gasteiger charge is 2.25. The number of nitrogens with zero attached hydrogens (tertiary/aromatic N) is 2. The van der Waals surface area contributed by atoms with Crippen molar-refractivity contribution in [2.75, 3.05) is 0 Å². The maximum atomic E-state index is 14.7. The van der Waals surface area contributed by atoms with E-state index < -0.39 is 17.8 Å². The first-order chi connectivity index (χ1) is 14.8. The average molecular weight is 423 g/mol. The second-order valence-corrected chi connectivity index (χ2v) is 7.81. The van der Waals surface area contributed by atoms with E-state index in [0.717, 1.165) is 5.56 Å². The van der Waals surface area contributed by atoms with Crippen molar-refractivity contribution in [2.24, 2.45) is 0 Å². The largest absolute Gasteiger partial charge is 0.352 e. The third-order valence-electron chi connectivity index (χ3n) is 4.99. The molecule has 162 valence electrons. The van der Waals surface area contributed by atoms with Crippen LogP contribution >= 0.6 is 0 Å². The number of halogens is 1. The van der Waals surface area contributed by atoms with Gasteiger partial charge in [0, 0.05) is 24.0 Å². The van der Waals surface area contributed by atoms with Gasteiger partial charge in [-0.05, 0) is 38.0 Å². The highest BCUT2D eigenvalue weighted by molar-refractivity contribution is 5.90. The normalized spacial score (nSPS) is 12.9. The van der Waals surface area contributed by atoms with Crippen molar-refractivity contribution in [3.05, 3.63) is 78.6 Å². The molecule has 6 nitrogen and oxygen atoms in total. The molecule has 0 aliphatic rings. The second-order valence-electron chi connectivity index (χ2n) is 7.81. The van der Waals surface area contributed by atoms with Crippen molar-refractivity contribution in [1.29, 1.82) is 0 Å². The third-order valence-corrected chi connectivity index (χ3v) is 4.99. The van der Waals surface area contributed by atoms with Gasteiger partial charge in [-0.1, -0.05) is 42.5 Å². The van der Waals surface area contributed by atoms with Gasteiger partial charge in [-0.25, -0.2) is 9.37 Å². The van der Waals surface area contributed by atoms with E-state index in [0.29, 0.717) is 11.1 Å². The summed E-state index contributed by atoms with van der Waals surface area (Å²) >= 11 is 0. The molecule has 0 fully saturated rings. The number of carbonyl (C=O) groups is 2. The van der Waals surface area contributed by atoms with Crippen LogP contribution in [0.2, 0.25) is 0 Å². The molecule has 2 N–H and O–H groups in total. The fourth-order valence-electron chi connectivity index (χ4n) is 3.29. The van der Waals surface area contributed by atoms with Crippen molar-refractivity contribution in [1.82, 2.24) is 20.2 Å². The van der Waals surface area contributed by atoms with Crippen LogP contribution in [0.25, 0.3) is 11.1 Å². The van der Waals surface area contributed by atoms with E-state index in [1.54, 1.807) is 42.3 Å². The number of aromatic nitrogens is 2. The van der Waals surface area contributed by atoms with Crippen LogP contribution in [0.5, 0.6) is 0 Å². The van der Waals surface area contributed by atoms with Gasteiger partial charge in [-0.2, -0.15) is 0 Å². The van der Waals surface area contributed by atoms with Gasteiger partial charge in [0.05, 0.1) is 18.8 Å². The zero-order valence-electron chi connectivity index (χ0n) is 17.9. The molecule has 2 amide bonds. The molecular formula is C24H27FN4O2. The van der Waals surface area contributed by atoms with Gasteiger partial charge in [0.2, 0.25) is 11.8 Å². The Bertz CT molecular complexity index is 1020. The molecule has 2 aromatic carbocycles. The standard InChI is InChI=1S/C24H27FN4O2/c1-16(2)27-24(31)22(14-29-12-11-26-15-29)28-23(30)17(3)19-9-10-20(21(25)13-19)18-7-5-4-6-8-18/h4-13,15-17,22H,14H2,1-3H3,(H,27,31)(H,28,30)/t17-,22+/m0/s1. The topological polar surface area (TPSA) is 76.0 Å². The molecule has 0 spiro atoms. The Labute approximate surface area is 181 Å². The van der Waals surface area contributed by atoms with E-state index in [4.69, 9.17) is 0 Å². The fourth-order valence-corrected chi connectivity index (χ4v) is 3.29. The molecule has 3 aromatic rings. The molecule has 3 rings (SSSR count). The number of imidazole rings is 1. The molecule has 0 radical (unpaired) electrons. The molecule has 2 atom stereocenters. The summed E-state index contributed by atoms with van der Waals surface area (Å²) in [7, 11) is 0. The summed E-state index contributed by atoms with van der Waals surface area (Å²) in [6.07, 6.45) is 4.92. The van der Waals surface area contributed by atoms with Crippen LogP contribution in [0.3, 0.4) is 0 Å². The van der Waals surface area contributed by atoms with Crippen LogP contribution in [-0.4, -0.2) is 33.4 Å². The predicted molar refractivity (Wildman–Crippen MR) is 118 cm³/mol. The second kappa shape index (κ2) is 10.0. The minimum absolute atomic E-state index is 0.0632. The molecule has 1 heterocycles. The Kier molecular flexibility index (Phi) is 7.18. The van der Waals surface area contributed by atoms with Gasteiger partial charge in [-0.3, -0.25) is 9.59 Å². The Hall–Kier alpha value is -3.48. The quantitative estimate of drug-likeness (QED) is 0.583. The number of nitrogens with one attached hydrogen (secondary N) is 2. The summed E-state index contributed by atoms with van der Waals surface area (Å²) in [6, 6.07) is 13.2. The first-order valence-electron chi connectivity index (χ1n) is 10.3. The smallest absolute Gasteiger partial charge is 0.244 e. The summed E-state index contributed by atoms with van der Waals surface area (Å²) in [4.78, 5) is 29.5. The molecule has 0 bridgehead atoms. The number of hydrogen-bond acceptors (Lipinski definition) is 3. The van der Waals surface area contributed by atoms with Crippen LogP contribution < -0.4 is 10.6 Å². The monoisotopic (exact) mass is 422 g/mol. The van der Waals surface area contributed by atoms with E-state index in [9.17, 15) is 14.0 Å². The number of amides is 2. The fraction of sp³-hybridized carbons (Fsp3) is 0.292. The van der Waals surface area contributed by atoms with E-state index in [1.807, 2.05) is 44.2 Å². The molecule has 1 aromatic heterocycles. The van der Waals surface area contributed by atoms with Crippen molar-refractivity contribution in [3.8, 4) is 11.1 Å². The minimum atomic E-state index is -0.778. The van der Waals surface area contributed by atoms with Crippen LogP contribution in [0.4, 0.5) is 4.39 Å². The number of hydrogen-bond donors (Lipinski definition) is 2. The van der Waals surface area contributed by atoms with Crippen LogP contribution in [-0.2, 0) is 16.1 Å². The van der Waals surface area contributed by atoms with Gasteiger partial charge < -0.3 is 15.2 Å². The molecule has 7 heteroatoms. The third kappa shape index (κ3) is 5.78. The predicted octanol–water partition coefficient (Wildman–Crippen LogP) is 3.50. The Balaban J connectivity index is 1.75. The lowest BCUT2D eigenvalue weighted by molar-refractivity contribution is -0.130. The molecular weight excluding hydrogens is 395 g/mol. The van der Waals surface area contributed by atoms with E-state index in [-0.39, 0.29) is 24.4 Å². The van der Waals surface area contributed by atoms with Gasteiger partial charge in [-0.15, -0.1) is 0 Å². The Morgan fingerprint density at radius 1 is 1.03 bits per heavy atom. The molecule has 0 aliphatic heterocycles. The van der Waals surface area contributed by atoms with Crippen LogP contribution in [0.15, 0.2) is 67.3 Å². The summed E-state index contributed by atoms with van der Waals surface area (Å²) < 4.78 is 16.5. The lowest BCUT2D eigenvalue weighted by atomic mass is 9.96. The zero-order valence-corrected chi connectivity index (χ0v) is 17.9. The number of carbonyl (C=O) groups excluding carboxylic acids is 2. The van der Waals surface area contributed by atoms with Gasteiger partial charge in [0.1, 0.15) is 11.9 Å². The van der Waals surface area contributed by atoms with Crippen LogP contribution in [0.1, 0.15) is 32.3 Å². The number of benzene rings is 2. The highest BCUT2D eigenvalue weighted by atomic mass is 19.1. The molecule has 0 saturated carbocycles. The average Bonchev–Trinajstić information content (AvgIpc) is 3.26. The number of rotatable bonds is 8. The van der Waals surface area contributed by atoms with E-state index in [2.05, 4.69) is 15.6 Å².